The molecule has 1 atom stereocenters. The largest absolute Gasteiger partial charge is 0.343 e. The summed E-state index contributed by atoms with van der Waals surface area (Å²) in [5, 5.41) is 2.68. The van der Waals surface area contributed by atoms with Gasteiger partial charge in [0.1, 0.15) is 11.9 Å². The van der Waals surface area contributed by atoms with Crippen molar-refractivity contribution in [3.05, 3.63) is 34.1 Å². The van der Waals surface area contributed by atoms with Gasteiger partial charge < -0.3 is 10.2 Å². The van der Waals surface area contributed by atoms with Crippen LogP contribution >= 0.6 is 15.9 Å². The van der Waals surface area contributed by atoms with Crippen LogP contribution in [0.2, 0.25) is 0 Å². The van der Waals surface area contributed by atoms with Crippen LogP contribution in [0, 0.1) is 5.82 Å². The van der Waals surface area contributed by atoms with Gasteiger partial charge in [-0.3, -0.25) is 9.59 Å². The van der Waals surface area contributed by atoms with E-state index in [2.05, 4.69) is 21.2 Å². The molecule has 0 aliphatic carbocycles. The third-order valence-corrected chi connectivity index (χ3v) is 3.72. The third-order valence-electron chi connectivity index (χ3n) is 3.23. The maximum atomic E-state index is 13.7. The van der Waals surface area contributed by atoms with Gasteiger partial charge in [-0.05, 0) is 24.6 Å². The van der Waals surface area contributed by atoms with E-state index < -0.39 is 6.04 Å². The number of benzene rings is 1. The SMILES string of the molecule is CCCC1NC(=O)CN(Cc2cc(Br)ccc2F)C1=O. The second-order valence-corrected chi connectivity index (χ2v) is 5.75. The Hall–Kier alpha value is -1.43. The van der Waals surface area contributed by atoms with Crippen molar-refractivity contribution >= 4 is 27.7 Å². The Labute approximate surface area is 125 Å². The highest BCUT2D eigenvalue weighted by atomic mass is 79.9. The van der Waals surface area contributed by atoms with Gasteiger partial charge in [-0.25, -0.2) is 4.39 Å². The second-order valence-electron chi connectivity index (χ2n) is 4.84. The molecule has 4 nitrogen and oxygen atoms in total. The minimum absolute atomic E-state index is 0.0228. The summed E-state index contributed by atoms with van der Waals surface area (Å²) in [5.41, 5.74) is 0.401. The molecule has 1 aliphatic rings. The highest BCUT2D eigenvalue weighted by Gasteiger charge is 2.32. The zero-order valence-electron chi connectivity index (χ0n) is 11.2. The van der Waals surface area contributed by atoms with Gasteiger partial charge in [-0.1, -0.05) is 29.3 Å². The Kier molecular flexibility index (Phi) is 4.75. The first-order valence-corrected chi connectivity index (χ1v) is 7.32. The summed E-state index contributed by atoms with van der Waals surface area (Å²) in [6.45, 7) is 2.04. The highest BCUT2D eigenvalue weighted by Crippen LogP contribution is 2.19. The van der Waals surface area contributed by atoms with Gasteiger partial charge in [-0.2, -0.15) is 0 Å². The Morgan fingerprint density at radius 2 is 2.20 bits per heavy atom. The molecule has 0 saturated carbocycles. The van der Waals surface area contributed by atoms with Crippen molar-refractivity contribution in [2.24, 2.45) is 0 Å². The highest BCUT2D eigenvalue weighted by molar-refractivity contribution is 9.10. The van der Waals surface area contributed by atoms with E-state index in [1.807, 2.05) is 6.92 Å². The lowest BCUT2D eigenvalue weighted by Crippen LogP contribution is -2.57. The quantitative estimate of drug-likeness (QED) is 0.911. The molecular formula is C14H16BrFN2O2. The number of piperazine rings is 1. The smallest absolute Gasteiger partial charge is 0.245 e. The number of carbonyl (C=O) groups excluding carboxylic acids is 2. The standard InChI is InChI=1S/C14H16BrFN2O2/c1-2-3-12-14(20)18(8-13(19)17-12)7-9-6-10(15)4-5-11(9)16/h4-6,12H,2-3,7-8H2,1H3,(H,17,19). The molecule has 0 bridgehead atoms. The van der Waals surface area contributed by atoms with Crippen molar-refractivity contribution in [3.8, 4) is 0 Å². The molecule has 2 amide bonds. The molecule has 6 heteroatoms. The van der Waals surface area contributed by atoms with Gasteiger partial charge in [0.25, 0.3) is 0 Å². The van der Waals surface area contributed by atoms with Crippen LogP contribution in [0.5, 0.6) is 0 Å². The van der Waals surface area contributed by atoms with E-state index in [0.29, 0.717) is 12.0 Å². The molecule has 1 aromatic carbocycles. The van der Waals surface area contributed by atoms with Crippen molar-refractivity contribution in [1.29, 1.82) is 0 Å². The van der Waals surface area contributed by atoms with Gasteiger partial charge in [0.15, 0.2) is 0 Å². The van der Waals surface area contributed by atoms with Gasteiger partial charge in [-0.15, -0.1) is 0 Å². The minimum atomic E-state index is -0.489. The van der Waals surface area contributed by atoms with Gasteiger partial charge in [0.05, 0.1) is 6.54 Å². The molecule has 1 heterocycles. The number of hydrogen-bond donors (Lipinski definition) is 1. The van der Waals surface area contributed by atoms with E-state index in [1.165, 1.54) is 11.0 Å². The Morgan fingerprint density at radius 3 is 2.90 bits per heavy atom. The van der Waals surface area contributed by atoms with Crippen molar-refractivity contribution in [2.45, 2.75) is 32.4 Å². The summed E-state index contributed by atoms with van der Waals surface area (Å²) in [4.78, 5) is 25.3. The maximum absolute atomic E-state index is 13.7. The first-order chi connectivity index (χ1) is 9.51. The summed E-state index contributed by atoms with van der Waals surface area (Å²) >= 11 is 3.28. The van der Waals surface area contributed by atoms with Crippen LogP contribution in [0.15, 0.2) is 22.7 Å². The number of hydrogen-bond acceptors (Lipinski definition) is 2. The van der Waals surface area contributed by atoms with Crippen molar-refractivity contribution in [3.63, 3.8) is 0 Å². The maximum Gasteiger partial charge on any atom is 0.245 e. The molecule has 0 spiro atoms. The fraction of sp³-hybridized carbons (Fsp3) is 0.429. The third kappa shape index (κ3) is 3.36. The molecule has 1 aliphatic heterocycles. The number of rotatable bonds is 4. The fourth-order valence-electron chi connectivity index (χ4n) is 2.26. The summed E-state index contributed by atoms with van der Waals surface area (Å²) < 4.78 is 14.5. The predicted octanol–water partition coefficient (Wildman–Crippen LogP) is 2.22. The molecule has 0 aromatic heterocycles. The van der Waals surface area contributed by atoms with Crippen LogP contribution in [0.1, 0.15) is 25.3 Å². The van der Waals surface area contributed by atoms with Crippen LogP contribution in [0.4, 0.5) is 4.39 Å². The van der Waals surface area contributed by atoms with Crippen molar-refractivity contribution in [2.75, 3.05) is 6.54 Å². The monoisotopic (exact) mass is 342 g/mol. The molecule has 1 aromatic rings. The Bertz CT molecular complexity index is 536. The number of carbonyl (C=O) groups is 2. The van der Waals surface area contributed by atoms with E-state index in [4.69, 9.17) is 0 Å². The van der Waals surface area contributed by atoms with Crippen molar-refractivity contribution < 1.29 is 14.0 Å². The average molecular weight is 343 g/mol. The molecule has 1 fully saturated rings. The summed E-state index contributed by atoms with van der Waals surface area (Å²) in [6.07, 6.45) is 1.40. The van der Waals surface area contributed by atoms with Crippen molar-refractivity contribution in [1.82, 2.24) is 10.2 Å². The summed E-state index contributed by atoms with van der Waals surface area (Å²) in [6, 6.07) is 4.08. The lowest BCUT2D eigenvalue weighted by molar-refractivity contribution is -0.145. The van der Waals surface area contributed by atoms with Crippen LogP contribution in [-0.2, 0) is 16.1 Å². The van der Waals surface area contributed by atoms with Gasteiger partial charge in [0.2, 0.25) is 11.8 Å². The summed E-state index contributed by atoms with van der Waals surface area (Å²) in [5.74, 6) is -0.719. The fourth-order valence-corrected chi connectivity index (χ4v) is 2.67. The first kappa shape index (κ1) is 15.0. The van der Waals surface area contributed by atoms with Crippen LogP contribution in [0.25, 0.3) is 0 Å². The van der Waals surface area contributed by atoms with Crippen LogP contribution in [-0.4, -0.2) is 29.3 Å². The molecular weight excluding hydrogens is 327 g/mol. The number of nitrogens with zero attached hydrogens (tertiary/aromatic N) is 1. The van der Waals surface area contributed by atoms with E-state index >= 15 is 0 Å². The van der Waals surface area contributed by atoms with Gasteiger partial charge >= 0.3 is 0 Å². The molecule has 20 heavy (non-hydrogen) atoms. The zero-order chi connectivity index (χ0) is 14.7. The molecule has 1 saturated heterocycles. The lowest BCUT2D eigenvalue weighted by atomic mass is 10.1. The second kappa shape index (κ2) is 6.35. The molecule has 108 valence electrons. The van der Waals surface area contributed by atoms with E-state index in [9.17, 15) is 14.0 Å². The summed E-state index contributed by atoms with van der Waals surface area (Å²) in [7, 11) is 0. The topological polar surface area (TPSA) is 49.4 Å². The number of nitrogens with one attached hydrogen (secondary N) is 1. The minimum Gasteiger partial charge on any atom is -0.343 e. The molecule has 1 N–H and O–H groups in total. The first-order valence-electron chi connectivity index (χ1n) is 6.53. The lowest BCUT2D eigenvalue weighted by Gasteiger charge is -2.32. The zero-order valence-corrected chi connectivity index (χ0v) is 12.7. The normalized spacial score (nSPS) is 19.1. The van der Waals surface area contributed by atoms with Crippen LogP contribution < -0.4 is 5.32 Å². The van der Waals surface area contributed by atoms with E-state index in [0.717, 1.165) is 10.9 Å². The molecule has 2 rings (SSSR count). The Morgan fingerprint density at radius 1 is 1.45 bits per heavy atom. The average Bonchev–Trinajstić information content (AvgIpc) is 2.39. The molecule has 1 unspecified atom stereocenters. The number of amides is 2. The number of halogens is 2. The van der Waals surface area contributed by atoms with Gasteiger partial charge in [0, 0.05) is 16.6 Å². The van der Waals surface area contributed by atoms with Crippen LogP contribution in [0.3, 0.4) is 0 Å². The van der Waals surface area contributed by atoms with E-state index in [1.54, 1.807) is 12.1 Å². The van der Waals surface area contributed by atoms with E-state index in [-0.39, 0.29) is 30.7 Å². The molecule has 0 radical (unpaired) electrons. The Balaban J connectivity index is 2.16. The predicted molar refractivity (Wildman–Crippen MR) is 76.4 cm³/mol.